The second-order valence-electron chi connectivity index (χ2n) is 10.3. The van der Waals surface area contributed by atoms with Gasteiger partial charge in [0.1, 0.15) is 11.8 Å². The molecule has 1 atom stereocenters. The van der Waals surface area contributed by atoms with Crippen molar-refractivity contribution in [2.45, 2.75) is 49.9 Å². The highest BCUT2D eigenvalue weighted by atomic mass is 79.9. The lowest BCUT2D eigenvalue weighted by atomic mass is 9.84. The van der Waals surface area contributed by atoms with E-state index in [1.165, 1.54) is 29.8 Å². The highest BCUT2D eigenvalue weighted by Crippen LogP contribution is 2.49. The monoisotopic (exact) mass is 591 g/mol. The number of hydrogen-bond acceptors (Lipinski definition) is 4. The Morgan fingerprint density at radius 1 is 1.08 bits per heavy atom. The largest absolute Gasteiger partial charge is 0.573 e. The molecule has 1 saturated carbocycles. The molecule has 4 fully saturated rings. The molecule has 4 aliphatic rings. The second-order valence-corrected chi connectivity index (χ2v) is 11.2. The minimum atomic E-state index is -4.78. The number of fused-ring (bicyclic) bond motifs is 3. The van der Waals surface area contributed by atoms with Gasteiger partial charge in [0.25, 0.3) is 0 Å². The molecule has 202 valence electrons. The molecule has 6 nitrogen and oxygen atoms in total. The number of nitrogens with zero attached hydrogens (tertiary/aromatic N) is 1. The Bertz CT molecular complexity index is 1200. The number of benzene rings is 2. The summed E-state index contributed by atoms with van der Waals surface area (Å²) in [5.41, 5.74) is 1.83. The van der Waals surface area contributed by atoms with Crippen molar-refractivity contribution in [3.63, 3.8) is 0 Å². The van der Waals surface area contributed by atoms with Crippen molar-refractivity contribution in [1.82, 2.24) is 15.5 Å². The fourth-order valence-corrected chi connectivity index (χ4v) is 5.65. The van der Waals surface area contributed by atoms with Gasteiger partial charge in [-0.15, -0.1) is 13.2 Å². The summed E-state index contributed by atoms with van der Waals surface area (Å²) in [6, 6.07) is 12.1. The molecule has 3 saturated heterocycles. The first-order chi connectivity index (χ1) is 18.1. The van der Waals surface area contributed by atoms with Gasteiger partial charge in [0, 0.05) is 23.6 Å². The van der Waals surface area contributed by atoms with Crippen LogP contribution in [0.3, 0.4) is 0 Å². The van der Waals surface area contributed by atoms with Crippen LogP contribution in [0.15, 0.2) is 64.8 Å². The summed E-state index contributed by atoms with van der Waals surface area (Å²) in [6.45, 7) is 3.03. The Balaban J connectivity index is 1.30. The highest BCUT2D eigenvalue weighted by Gasteiger charge is 2.52. The number of carbonyl (C=O) groups excluding carboxylic acids is 2. The maximum absolute atomic E-state index is 13.5. The van der Waals surface area contributed by atoms with Gasteiger partial charge in [0.2, 0.25) is 11.8 Å². The number of ether oxygens (including phenoxy) is 1. The number of amides is 2. The van der Waals surface area contributed by atoms with Gasteiger partial charge in [-0.3, -0.25) is 14.5 Å². The van der Waals surface area contributed by atoms with Crippen LogP contribution in [0.25, 0.3) is 0 Å². The summed E-state index contributed by atoms with van der Waals surface area (Å²) in [7, 11) is 0. The number of alkyl halides is 3. The molecule has 0 aromatic heterocycles. The molecular weight excluding hydrogens is 563 g/mol. The fourth-order valence-electron chi connectivity index (χ4n) is 5.39. The van der Waals surface area contributed by atoms with Crippen LogP contribution in [0.4, 0.5) is 13.2 Å². The summed E-state index contributed by atoms with van der Waals surface area (Å²) in [4.78, 5) is 29.2. The topological polar surface area (TPSA) is 70.7 Å². The number of carbonyl (C=O) groups is 2. The lowest BCUT2D eigenvalue weighted by Crippen LogP contribution is -2.50. The third-order valence-electron chi connectivity index (χ3n) is 7.72. The van der Waals surface area contributed by atoms with Crippen molar-refractivity contribution in [2.24, 2.45) is 5.92 Å². The van der Waals surface area contributed by atoms with Crippen molar-refractivity contribution >= 4 is 27.7 Å². The van der Waals surface area contributed by atoms with E-state index in [1.54, 1.807) is 0 Å². The SMILES string of the molecule is O=C(N/C=C1\CN2CCC1CC2)C(Cc1ccc(Br)cc1)NC(=O)C1(c2ccc(OC(F)(F)F)cc2)CC1. The van der Waals surface area contributed by atoms with Crippen LogP contribution in [-0.4, -0.2) is 48.8 Å². The highest BCUT2D eigenvalue weighted by molar-refractivity contribution is 9.10. The van der Waals surface area contributed by atoms with E-state index in [1.807, 2.05) is 30.5 Å². The zero-order chi connectivity index (χ0) is 26.9. The summed E-state index contributed by atoms with van der Waals surface area (Å²) < 4.78 is 42.4. The molecule has 3 aliphatic heterocycles. The number of halogens is 4. The fraction of sp³-hybridized carbons (Fsp3) is 0.429. The first-order valence-corrected chi connectivity index (χ1v) is 13.5. The smallest absolute Gasteiger partial charge is 0.406 e. The predicted octanol–water partition coefficient (Wildman–Crippen LogP) is 4.83. The molecule has 38 heavy (non-hydrogen) atoms. The van der Waals surface area contributed by atoms with E-state index >= 15 is 0 Å². The summed E-state index contributed by atoms with van der Waals surface area (Å²) in [5.74, 6) is -0.464. The van der Waals surface area contributed by atoms with Crippen molar-refractivity contribution in [1.29, 1.82) is 0 Å². The average molecular weight is 592 g/mol. The van der Waals surface area contributed by atoms with Crippen LogP contribution in [0.2, 0.25) is 0 Å². The van der Waals surface area contributed by atoms with E-state index in [0.29, 0.717) is 30.7 Å². The molecule has 2 N–H and O–H groups in total. The van der Waals surface area contributed by atoms with E-state index in [0.717, 1.165) is 42.5 Å². The van der Waals surface area contributed by atoms with Crippen LogP contribution in [-0.2, 0) is 21.4 Å². The predicted molar refractivity (Wildman–Crippen MR) is 139 cm³/mol. The van der Waals surface area contributed by atoms with Crippen LogP contribution < -0.4 is 15.4 Å². The van der Waals surface area contributed by atoms with Crippen LogP contribution in [0.5, 0.6) is 5.75 Å². The molecule has 3 heterocycles. The Morgan fingerprint density at radius 2 is 1.74 bits per heavy atom. The standard InChI is InChI=1S/C28H29BrF3N3O3/c29-22-5-1-18(2-6-22)15-24(25(36)33-16-20-17-35-13-9-19(20)10-14-35)34-26(37)27(11-12-27)21-3-7-23(8-4-21)38-28(30,31)32/h1-8,16,19,24H,9-15,17H2,(H,33,36)(H,34,37)/b20-16+. The van der Waals surface area contributed by atoms with Crippen LogP contribution in [0, 0.1) is 5.92 Å². The molecule has 0 radical (unpaired) electrons. The van der Waals surface area contributed by atoms with Crippen molar-refractivity contribution in [3.05, 3.63) is 75.9 Å². The molecule has 1 aliphatic carbocycles. The number of nitrogens with one attached hydrogen (secondary N) is 2. The summed E-state index contributed by atoms with van der Waals surface area (Å²) >= 11 is 3.41. The van der Waals surface area contributed by atoms with Gasteiger partial charge in [0.15, 0.2) is 0 Å². The molecule has 2 bridgehead atoms. The molecular formula is C28H29BrF3N3O3. The maximum atomic E-state index is 13.5. The molecule has 6 rings (SSSR count). The maximum Gasteiger partial charge on any atom is 0.573 e. The van der Waals surface area contributed by atoms with Gasteiger partial charge in [-0.25, -0.2) is 0 Å². The Labute approximate surface area is 227 Å². The third kappa shape index (κ3) is 6.23. The first kappa shape index (κ1) is 26.7. The second kappa shape index (κ2) is 10.7. The summed E-state index contributed by atoms with van der Waals surface area (Å²) in [6.07, 6.45) is 0.613. The molecule has 10 heteroatoms. The van der Waals surface area contributed by atoms with Crippen molar-refractivity contribution in [3.8, 4) is 5.75 Å². The lowest BCUT2D eigenvalue weighted by Gasteiger charge is -2.41. The van der Waals surface area contributed by atoms with E-state index in [2.05, 4.69) is 36.2 Å². The van der Waals surface area contributed by atoms with Gasteiger partial charge in [-0.1, -0.05) is 40.2 Å². The van der Waals surface area contributed by atoms with Gasteiger partial charge in [0.05, 0.1) is 5.41 Å². The third-order valence-corrected chi connectivity index (χ3v) is 8.25. The number of rotatable bonds is 8. The van der Waals surface area contributed by atoms with Crippen LogP contribution >= 0.6 is 15.9 Å². The van der Waals surface area contributed by atoms with E-state index < -0.39 is 17.8 Å². The van der Waals surface area contributed by atoms with Gasteiger partial charge < -0.3 is 15.4 Å². The Morgan fingerprint density at radius 3 is 2.29 bits per heavy atom. The molecule has 2 aromatic carbocycles. The number of hydrogen-bond donors (Lipinski definition) is 2. The number of piperidine rings is 3. The van der Waals surface area contributed by atoms with E-state index in [4.69, 9.17) is 0 Å². The molecule has 2 amide bonds. The Hall–Kier alpha value is -2.85. The zero-order valence-electron chi connectivity index (χ0n) is 20.7. The van der Waals surface area contributed by atoms with Crippen molar-refractivity contribution in [2.75, 3.05) is 19.6 Å². The van der Waals surface area contributed by atoms with E-state index in [9.17, 15) is 22.8 Å². The minimum absolute atomic E-state index is 0.296. The normalized spacial score (nSPS) is 23.5. The average Bonchev–Trinajstić information content (AvgIpc) is 3.70. The quantitative estimate of drug-likeness (QED) is 0.461. The molecule has 1 unspecified atom stereocenters. The minimum Gasteiger partial charge on any atom is -0.406 e. The van der Waals surface area contributed by atoms with Gasteiger partial charge >= 0.3 is 6.36 Å². The van der Waals surface area contributed by atoms with Gasteiger partial charge in [-0.2, -0.15) is 0 Å². The van der Waals surface area contributed by atoms with Crippen LogP contribution in [0.1, 0.15) is 36.8 Å². The molecule has 2 aromatic rings. The molecule has 0 spiro atoms. The van der Waals surface area contributed by atoms with E-state index in [-0.39, 0.29) is 17.6 Å². The lowest BCUT2D eigenvalue weighted by molar-refractivity contribution is -0.274. The summed E-state index contributed by atoms with van der Waals surface area (Å²) in [5, 5.41) is 5.88. The first-order valence-electron chi connectivity index (χ1n) is 12.7. The van der Waals surface area contributed by atoms with Gasteiger partial charge in [-0.05, 0) is 85.7 Å². The van der Waals surface area contributed by atoms with Crippen molar-refractivity contribution < 1.29 is 27.5 Å². The Kier molecular flexibility index (Phi) is 7.55. The zero-order valence-corrected chi connectivity index (χ0v) is 22.3.